The number of benzene rings is 3. The fourth-order valence-corrected chi connectivity index (χ4v) is 5.31. The Labute approximate surface area is 203 Å². The number of fused-ring (bicyclic) bond motifs is 1. The Morgan fingerprint density at radius 1 is 1.03 bits per heavy atom. The molecule has 4 nitrogen and oxygen atoms in total. The Morgan fingerprint density at radius 3 is 2.50 bits per heavy atom. The molecule has 2 atom stereocenters. The average molecular weight is 475 g/mol. The van der Waals surface area contributed by atoms with Gasteiger partial charge in [0.05, 0.1) is 17.4 Å². The lowest BCUT2D eigenvalue weighted by molar-refractivity contribution is -0.119. The maximum atomic E-state index is 15.3. The van der Waals surface area contributed by atoms with E-state index in [0.717, 1.165) is 5.56 Å². The van der Waals surface area contributed by atoms with Gasteiger partial charge in [-0.1, -0.05) is 67.1 Å². The standard InChI is InChI=1S/C28H24ClFN2O2/c1-2-25(34)32-23-14-7-6-13-21(23)31-22-15-18(17-9-4-3-5-10-17)16-24(33)27(22)28(32)26-19(29)11-8-12-20(26)30/h3-14,18,28,31H,2,15-16H2,1H3/t18-,28-/m0/s1. The number of halogens is 2. The van der Waals surface area contributed by atoms with Gasteiger partial charge in [-0.3, -0.25) is 14.5 Å². The second-order valence-corrected chi connectivity index (χ2v) is 9.04. The van der Waals surface area contributed by atoms with Crippen molar-refractivity contribution < 1.29 is 14.0 Å². The third kappa shape index (κ3) is 3.80. The average Bonchev–Trinajstić information content (AvgIpc) is 2.98. The van der Waals surface area contributed by atoms with Crippen LogP contribution < -0.4 is 10.2 Å². The first kappa shape index (κ1) is 22.4. The molecule has 34 heavy (non-hydrogen) atoms. The van der Waals surface area contributed by atoms with Gasteiger partial charge in [0.1, 0.15) is 5.82 Å². The molecule has 0 unspecified atom stereocenters. The van der Waals surface area contributed by atoms with Crippen LogP contribution in [0.15, 0.2) is 84.1 Å². The topological polar surface area (TPSA) is 49.4 Å². The van der Waals surface area contributed by atoms with Crippen LogP contribution in [-0.2, 0) is 9.59 Å². The number of Topliss-reactive ketones (excluding diaryl/α,β-unsaturated/α-hetero) is 1. The SMILES string of the molecule is CCC(=O)N1c2ccccc2NC2=C(C(=O)C[C@@H](c3ccccc3)C2)[C@@H]1c1c(F)cccc1Cl. The number of anilines is 2. The summed E-state index contributed by atoms with van der Waals surface area (Å²) in [5.41, 5.74) is 3.61. The first-order valence-corrected chi connectivity index (χ1v) is 11.8. The van der Waals surface area contributed by atoms with E-state index < -0.39 is 11.9 Å². The summed E-state index contributed by atoms with van der Waals surface area (Å²) < 4.78 is 15.3. The Kier molecular flexibility index (Phi) is 5.96. The van der Waals surface area contributed by atoms with Crippen molar-refractivity contribution in [3.8, 4) is 0 Å². The fourth-order valence-electron chi connectivity index (χ4n) is 5.04. The molecule has 172 valence electrons. The number of carbonyl (C=O) groups is 2. The Hall–Kier alpha value is -3.44. The molecule has 1 heterocycles. The zero-order valence-corrected chi connectivity index (χ0v) is 19.5. The lowest BCUT2D eigenvalue weighted by atomic mass is 9.78. The zero-order chi connectivity index (χ0) is 23.8. The van der Waals surface area contributed by atoms with Gasteiger partial charge < -0.3 is 5.32 Å². The summed E-state index contributed by atoms with van der Waals surface area (Å²) in [4.78, 5) is 28.7. The molecule has 6 heteroatoms. The van der Waals surface area contributed by atoms with Gasteiger partial charge in [0.25, 0.3) is 0 Å². The molecule has 2 aliphatic rings. The van der Waals surface area contributed by atoms with Gasteiger partial charge in [-0.25, -0.2) is 4.39 Å². The molecule has 3 aromatic rings. The number of nitrogens with zero attached hydrogens (tertiary/aromatic N) is 1. The highest BCUT2D eigenvalue weighted by atomic mass is 35.5. The fraction of sp³-hybridized carbons (Fsp3) is 0.214. The predicted molar refractivity (Wildman–Crippen MR) is 132 cm³/mol. The number of allylic oxidation sites excluding steroid dienone is 1. The quantitative estimate of drug-likeness (QED) is 0.454. The lowest BCUT2D eigenvalue weighted by Crippen LogP contribution is -2.38. The van der Waals surface area contributed by atoms with E-state index in [2.05, 4.69) is 5.32 Å². The number of rotatable bonds is 3. The highest BCUT2D eigenvalue weighted by molar-refractivity contribution is 6.31. The van der Waals surface area contributed by atoms with Gasteiger partial charge in [-0.15, -0.1) is 0 Å². The van der Waals surface area contributed by atoms with Crippen molar-refractivity contribution in [2.45, 2.75) is 38.1 Å². The van der Waals surface area contributed by atoms with Crippen molar-refractivity contribution in [3.05, 3.63) is 106 Å². The van der Waals surface area contributed by atoms with Gasteiger partial charge in [-0.2, -0.15) is 0 Å². The van der Waals surface area contributed by atoms with E-state index in [9.17, 15) is 9.59 Å². The molecule has 0 radical (unpaired) electrons. The van der Waals surface area contributed by atoms with Crippen LogP contribution >= 0.6 is 11.6 Å². The van der Waals surface area contributed by atoms with Crippen LogP contribution in [0.25, 0.3) is 0 Å². The van der Waals surface area contributed by atoms with Crippen LogP contribution in [0.1, 0.15) is 49.3 Å². The number of ketones is 1. The van der Waals surface area contributed by atoms with Crippen LogP contribution in [0.2, 0.25) is 5.02 Å². The van der Waals surface area contributed by atoms with Crippen LogP contribution in [0.4, 0.5) is 15.8 Å². The molecule has 3 aromatic carbocycles. The van der Waals surface area contributed by atoms with Crippen molar-refractivity contribution >= 4 is 34.7 Å². The molecule has 1 aliphatic heterocycles. The predicted octanol–water partition coefficient (Wildman–Crippen LogP) is 6.79. The largest absolute Gasteiger partial charge is 0.357 e. The van der Waals surface area contributed by atoms with E-state index in [0.29, 0.717) is 29.1 Å². The second kappa shape index (κ2) is 9.07. The minimum Gasteiger partial charge on any atom is -0.357 e. The molecule has 5 rings (SSSR count). The Balaban J connectivity index is 1.76. The van der Waals surface area contributed by atoms with Gasteiger partial charge >= 0.3 is 0 Å². The van der Waals surface area contributed by atoms with Gasteiger partial charge in [0, 0.05) is 34.7 Å². The van der Waals surface area contributed by atoms with E-state index in [4.69, 9.17) is 11.6 Å². The maximum absolute atomic E-state index is 15.3. The van der Waals surface area contributed by atoms with E-state index in [1.807, 2.05) is 54.6 Å². The molecule has 0 fully saturated rings. The lowest BCUT2D eigenvalue weighted by Gasteiger charge is -2.35. The van der Waals surface area contributed by atoms with E-state index in [-0.39, 0.29) is 41.0 Å². The summed E-state index contributed by atoms with van der Waals surface area (Å²) >= 11 is 6.53. The third-order valence-electron chi connectivity index (χ3n) is 6.60. The summed E-state index contributed by atoms with van der Waals surface area (Å²) in [5, 5.41) is 3.62. The van der Waals surface area contributed by atoms with Crippen molar-refractivity contribution in [1.29, 1.82) is 0 Å². The Bertz CT molecular complexity index is 1280. The molecule has 0 spiro atoms. The van der Waals surface area contributed by atoms with E-state index in [1.165, 1.54) is 17.0 Å². The summed E-state index contributed by atoms with van der Waals surface area (Å²) in [6.07, 6.45) is 1.04. The number of amides is 1. The number of nitrogens with one attached hydrogen (secondary N) is 1. The zero-order valence-electron chi connectivity index (χ0n) is 18.7. The van der Waals surface area contributed by atoms with Gasteiger partial charge in [0.2, 0.25) is 5.91 Å². The second-order valence-electron chi connectivity index (χ2n) is 8.63. The smallest absolute Gasteiger partial charge is 0.227 e. The van der Waals surface area contributed by atoms with Crippen LogP contribution in [0.3, 0.4) is 0 Å². The normalized spacial score (nSPS) is 19.7. The third-order valence-corrected chi connectivity index (χ3v) is 6.93. The minimum atomic E-state index is -0.962. The van der Waals surface area contributed by atoms with Crippen LogP contribution in [-0.4, -0.2) is 11.7 Å². The molecular weight excluding hydrogens is 451 g/mol. The summed E-state index contributed by atoms with van der Waals surface area (Å²) in [5.74, 6) is -0.896. The molecule has 0 saturated carbocycles. The monoisotopic (exact) mass is 474 g/mol. The number of hydrogen-bond donors (Lipinski definition) is 1. The Morgan fingerprint density at radius 2 is 1.76 bits per heavy atom. The van der Waals surface area contributed by atoms with Crippen LogP contribution in [0.5, 0.6) is 0 Å². The van der Waals surface area contributed by atoms with Crippen molar-refractivity contribution in [2.75, 3.05) is 10.2 Å². The van der Waals surface area contributed by atoms with Gasteiger partial charge in [-0.05, 0) is 42.2 Å². The highest BCUT2D eigenvalue weighted by Gasteiger charge is 2.42. The number of carbonyl (C=O) groups excluding carboxylic acids is 2. The summed E-state index contributed by atoms with van der Waals surface area (Å²) in [7, 11) is 0. The highest BCUT2D eigenvalue weighted by Crippen LogP contribution is 2.49. The minimum absolute atomic E-state index is 0.0164. The summed E-state index contributed by atoms with van der Waals surface area (Å²) in [6, 6.07) is 20.8. The van der Waals surface area contributed by atoms with Crippen molar-refractivity contribution in [2.24, 2.45) is 0 Å². The summed E-state index contributed by atoms with van der Waals surface area (Å²) in [6.45, 7) is 1.76. The maximum Gasteiger partial charge on any atom is 0.227 e. The molecule has 1 amide bonds. The van der Waals surface area contributed by atoms with Crippen molar-refractivity contribution in [3.63, 3.8) is 0 Å². The molecule has 1 aliphatic carbocycles. The molecule has 0 bridgehead atoms. The number of para-hydroxylation sites is 2. The number of hydrogen-bond acceptors (Lipinski definition) is 3. The first-order valence-electron chi connectivity index (χ1n) is 11.4. The molecule has 0 saturated heterocycles. The van der Waals surface area contributed by atoms with Crippen LogP contribution in [0, 0.1) is 5.82 Å². The first-order chi connectivity index (χ1) is 16.5. The molecule has 0 aromatic heterocycles. The van der Waals surface area contributed by atoms with Crippen molar-refractivity contribution in [1.82, 2.24) is 0 Å². The van der Waals surface area contributed by atoms with E-state index >= 15 is 4.39 Å². The van der Waals surface area contributed by atoms with Gasteiger partial charge in [0.15, 0.2) is 5.78 Å². The van der Waals surface area contributed by atoms with E-state index in [1.54, 1.807) is 13.0 Å². The molecule has 1 N–H and O–H groups in total. The molecular formula is C28H24ClFN2O2.